The topological polar surface area (TPSA) is 83.6 Å². The summed E-state index contributed by atoms with van der Waals surface area (Å²) in [4.78, 5) is 23.0. The van der Waals surface area contributed by atoms with Crippen LogP contribution < -0.4 is 5.32 Å². The normalized spacial score (nSPS) is 15.9. The third-order valence-electron chi connectivity index (χ3n) is 3.46. The molecular weight excluding hydrogens is 324 g/mol. The van der Waals surface area contributed by atoms with E-state index in [2.05, 4.69) is 0 Å². The Hall–Kier alpha value is -1.93. The molecule has 1 aromatic carbocycles. The van der Waals surface area contributed by atoms with Gasteiger partial charge in [-0.15, -0.1) is 11.3 Å². The van der Waals surface area contributed by atoms with Gasteiger partial charge in [0.25, 0.3) is 10.0 Å². The second-order valence-electron chi connectivity index (χ2n) is 5.32. The maximum absolute atomic E-state index is 12.8. The van der Waals surface area contributed by atoms with Gasteiger partial charge in [0.2, 0.25) is 5.91 Å². The number of carbonyl (C=O) groups excluding carboxylic acids is 2. The second kappa shape index (κ2) is 5.06. The number of hydrogen-bond acceptors (Lipinski definition) is 5. The van der Waals surface area contributed by atoms with E-state index in [0.717, 1.165) is 21.4 Å². The summed E-state index contributed by atoms with van der Waals surface area (Å²) in [5.74, 6) is -0.636. The number of imide groups is 1. The van der Waals surface area contributed by atoms with Crippen LogP contribution in [0.4, 0.5) is 4.79 Å². The number of urea groups is 1. The first-order valence-corrected chi connectivity index (χ1v) is 8.96. The average molecular weight is 338 g/mol. The Morgan fingerprint density at radius 2 is 1.91 bits per heavy atom. The molecule has 0 atom stereocenters. The Kier molecular flexibility index (Phi) is 3.45. The molecule has 3 amide bonds. The quantitative estimate of drug-likeness (QED) is 0.870. The predicted octanol–water partition coefficient (Wildman–Crippen LogP) is 2.27. The number of nitrogens with one attached hydrogen (secondary N) is 1. The molecule has 22 heavy (non-hydrogen) atoms. The lowest BCUT2D eigenvalue weighted by Crippen LogP contribution is -2.34. The van der Waals surface area contributed by atoms with E-state index in [1.165, 1.54) is 0 Å². The van der Waals surface area contributed by atoms with Crippen LogP contribution in [-0.4, -0.2) is 31.2 Å². The highest BCUT2D eigenvalue weighted by atomic mass is 32.2. The van der Waals surface area contributed by atoms with E-state index < -0.39 is 28.5 Å². The standard InChI is InChI=1S/C14H14N2O4S2/c1-8(2)12-9-5-3-4-6-10(9)21-13(12)22(19,20)16-7-11(17)15-14(16)18/h3-6,8H,7H2,1-2H3,(H,15,17,18). The van der Waals surface area contributed by atoms with E-state index in [1.807, 2.05) is 43.4 Å². The summed E-state index contributed by atoms with van der Waals surface area (Å²) < 4.78 is 27.2. The molecule has 1 aromatic heterocycles. The second-order valence-corrected chi connectivity index (χ2v) is 8.43. The fourth-order valence-electron chi connectivity index (χ4n) is 2.50. The smallest absolute Gasteiger partial charge is 0.275 e. The molecule has 3 rings (SSSR count). The van der Waals surface area contributed by atoms with Gasteiger partial charge in [0.05, 0.1) is 0 Å². The van der Waals surface area contributed by atoms with Gasteiger partial charge in [0.15, 0.2) is 0 Å². The molecule has 0 spiro atoms. The largest absolute Gasteiger partial charge is 0.338 e. The minimum absolute atomic E-state index is 0.0257. The zero-order valence-corrected chi connectivity index (χ0v) is 13.6. The van der Waals surface area contributed by atoms with Crippen molar-refractivity contribution < 1.29 is 18.0 Å². The van der Waals surface area contributed by atoms with E-state index in [9.17, 15) is 18.0 Å². The lowest BCUT2D eigenvalue weighted by atomic mass is 10.0. The molecule has 6 nitrogen and oxygen atoms in total. The van der Waals surface area contributed by atoms with E-state index in [1.54, 1.807) is 0 Å². The van der Waals surface area contributed by atoms with Gasteiger partial charge in [-0.05, 0) is 22.9 Å². The molecule has 0 unspecified atom stereocenters. The molecule has 8 heteroatoms. The summed E-state index contributed by atoms with van der Waals surface area (Å²) in [5, 5.41) is 2.87. The van der Waals surface area contributed by atoms with Crippen molar-refractivity contribution in [3.8, 4) is 0 Å². The van der Waals surface area contributed by atoms with Crippen molar-refractivity contribution >= 4 is 43.4 Å². The number of hydrogen-bond donors (Lipinski definition) is 1. The van der Waals surface area contributed by atoms with Crippen LogP contribution in [0.5, 0.6) is 0 Å². The van der Waals surface area contributed by atoms with Crippen LogP contribution in [0.2, 0.25) is 0 Å². The molecule has 2 heterocycles. The van der Waals surface area contributed by atoms with Crippen LogP contribution in [0.3, 0.4) is 0 Å². The molecule has 1 aliphatic heterocycles. The van der Waals surface area contributed by atoms with Crippen LogP contribution in [-0.2, 0) is 14.8 Å². The Balaban J connectivity index is 2.23. The van der Waals surface area contributed by atoms with Gasteiger partial charge in [-0.2, -0.15) is 0 Å². The summed E-state index contributed by atoms with van der Waals surface area (Å²) >= 11 is 1.13. The summed E-state index contributed by atoms with van der Waals surface area (Å²) in [6.45, 7) is 3.35. The maximum Gasteiger partial charge on any atom is 0.338 e. The van der Waals surface area contributed by atoms with Crippen molar-refractivity contribution in [2.45, 2.75) is 24.0 Å². The van der Waals surface area contributed by atoms with Crippen molar-refractivity contribution in [2.24, 2.45) is 0 Å². The van der Waals surface area contributed by atoms with Crippen molar-refractivity contribution in [1.29, 1.82) is 0 Å². The molecule has 0 saturated carbocycles. The number of benzene rings is 1. The Bertz CT molecular complexity index is 883. The first-order chi connectivity index (χ1) is 10.3. The number of rotatable bonds is 3. The Labute approximate surface area is 131 Å². The van der Waals surface area contributed by atoms with Crippen LogP contribution in [0.1, 0.15) is 25.3 Å². The number of amides is 3. The SMILES string of the molecule is CC(C)c1c(S(=O)(=O)N2CC(=O)NC2=O)sc2ccccc12. The Morgan fingerprint density at radius 3 is 2.50 bits per heavy atom. The van der Waals surface area contributed by atoms with Crippen molar-refractivity contribution in [3.63, 3.8) is 0 Å². The highest BCUT2D eigenvalue weighted by Crippen LogP contribution is 2.40. The summed E-state index contributed by atoms with van der Waals surface area (Å²) in [6, 6.07) is 6.52. The monoisotopic (exact) mass is 338 g/mol. The maximum atomic E-state index is 12.8. The van der Waals surface area contributed by atoms with Crippen LogP contribution in [0, 0.1) is 0 Å². The van der Waals surface area contributed by atoms with Crippen LogP contribution in [0.15, 0.2) is 28.5 Å². The van der Waals surface area contributed by atoms with Crippen LogP contribution >= 0.6 is 11.3 Å². The lowest BCUT2D eigenvalue weighted by Gasteiger charge is -2.15. The lowest BCUT2D eigenvalue weighted by molar-refractivity contribution is -0.118. The number of thiophene rings is 1. The third kappa shape index (κ3) is 2.19. The van der Waals surface area contributed by atoms with E-state index in [-0.39, 0.29) is 10.1 Å². The molecule has 1 aliphatic rings. The highest BCUT2D eigenvalue weighted by molar-refractivity contribution is 7.92. The van der Waals surface area contributed by atoms with E-state index in [4.69, 9.17) is 0 Å². The zero-order valence-electron chi connectivity index (χ0n) is 12.0. The van der Waals surface area contributed by atoms with Gasteiger partial charge in [0.1, 0.15) is 10.8 Å². The number of sulfonamides is 1. The number of carbonyl (C=O) groups is 2. The van der Waals surface area contributed by atoms with Crippen molar-refractivity contribution in [2.75, 3.05) is 6.54 Å². The minimum atomic E-state index is -4.04. The molecular formula is C14H14N2O4S2. The fraction of sp³-hybridized carbons (Fsp3) is 0.286. The van der Waals surface area contributed by atoms with Gasteiger partial charge < -0.3 is 0 Å². The molecule has 1 saturated heterocycles. The molecule has 0 aliphatic carbocycles. The number of fused-ring (bicyclic) bond motifs is 1. The van der Waals surface area contributed by atoms with Crippen molar-refractivity contribution in [1.82, 2.24) is 9.62 Å². The zero-order chi connectivity index (χ0) is 16.1. The molecule has 2 aromatic rings. The van der Waals surface area contributed by atoms with E-state index in [0.29, 0.717) is 9.87 Å². The summed E-state index contributed by atoms with van der Waals surface area (Å²) in [7, 11) is -4.04. The predicted molar refractivity (Wildman–Crippen MR) is 83.3 cm³/mol. The van der Waals surface area contributed by atoms with Gasteiger partial charge in [0, 0.05) is 4.70 Å². The summed E-state index contributed by atoms with van der Waals surface area (Å²) in [5.41, 5.74) is 0.688. The molecule has 0 radical (unpaired) electrons. The minimum Gasteiger partial charge on any atom is -0.275 e. The van der Waals surface area contributed by atoms with Gasteiger partial charge in [-0.1, -0.05) is 32.0 Å². The number of nitrogens with zero attached hydrogens (tertiary/aromatic N) is 1. The first-order valence-electron chi connectivity index (χ1n) is 6.70. The fourth-order valence-corrected chi connectivity index (χ4v) is 5.92. The molecule has 1 fully saturated rings. The molecule has 0 bridgehead atoms. The first kappa shape index (κ1) is 15.0. The molecule has 1 N–H and O–H groups in total. The average Bonchev–Trinajstić information content (AvgIpc) is 2.99. The van der Waals surface area contributed by atoms with Gasteiger partial charge in [-0.25, -0.2) is 17.5 Å². The van der Waals surface area contributed by atoms with Crippen molar-refractivity contribution in [3.05, 3.63) is 29.8 Å². The highest BCUT2D eigenvalue weighted by Gasteiger charge is 2.40. The Morgan fingerprint density at radius 1 is 1.23 bits per heavy atom. The van der Waals surface area contributed by atoms with Crippen LogP contribution in [0.25, 0.3) is 10.1 Å². The third-order valence-corrected chi connectivity index (χ3v) is 6.89. The summed E-state index contributed by atoms with van der Waals surface area (Å²) in [6.07, 6.45) is 0. The molecule has 116 valence electrons. The van der Waals surface area contributed by atoms with Gasteiger partial charge >= 0.3 is 6.03 Å². The van der Waals surface area contributed by atoms with E-state index >= 15 is 0 Å². The van der Waals surface area contributed by atoms with Gasteiger partial charge in [-0.3, -0.25) is 10.1 Å².